The molecular weight excluding hydrogens is 424 g/mol. The zero-order valence-electron chi connectivity index (χ0n) is 18.9. The predicted molar refractivity (Wildman–Crippen MR) is 130 cm³/mol. The zero-order valence-corrected chi connectivity index (χ0v) is 19.7. The van der Waals surface area contributed by atoms with Gasteiger partial charge in [0.15, 0.2) is 0 Å². The number of anilines is 1. The van der Waals surface area contributed by atoms with Gasteiger partial charge in [0.2, 0.25) is 0 Å². The molecule has 1 aromatic carbocycles. The highest BCUT2D eigenvalue weighted by Gasteiger charge is 2.46. The highest BCUT2D eigenvalue weighted by atomic mass is 32.2. The van der Waals surface area contributed by atoms with E-state index in [4.69, 9.17) is 4.99 Å². The molecule has 0 atom stereocenters. The van der Waals surface area contributed by atoms with Crippen LogP contribution in [-0.2, 0) is 9.53 Å². The van der Waals surface area contributed by atoms with Crippen molar-refractivity contribution in [1.29, 1.82) is 0 Å². The predicted octanol–water partition coefficient (Wildman–Crippen LogP) is 4.74. The molecule has 32 heavy (non-hydrogen) atoms. The largest absolute Gasteiger partial charge is 0.453 e. The van der Waals surface area contributed by atoms with Gasteiger partial charge in [-0.05, 0) is 67.4 Å². The average Bonchev–Trinajstić information content (AvgIpc) is 3.13. The van der Waals surface area contributed by atoms with Crippen LogP contribution >= 0.6 is 11.9 Å². The number of hydrogen-bond donors (Lipinski definition) is 2. The molecule has 3 aliphatic rings. The van der Waals surface area contributed by atoms with Crippen LogP contribution < -0.4 is 10.6 Å². The van der Waals surface area contributed by atoms with E-state index in [0.29, 0.717) is 11.6 Å². The molecule has 1 aromatic rings. The van der Waals surface area contributed by atoms with Gasteiger partial charge in [-0.1, -0.05) is 37.3 Å². The Hall–Kier alpha value is -2.32. The molecule has 2 fully saturated rings. The van der Waals surface area contributed by atoms with Crippen LogP contribution in [0.1, 0.15) is 56.1 Å². The molecule has 0 radical (unpaired) electrons. The molecule has 0 bridgehead atoms. The summed E-state index contributed by atoms with van der Waals surface area (Å²) < 4.78 is 6.94. The Balaban J connectivity index is 1.32. The number of methoxy groups -OCH3 is 1. The number of carbonyl (C=O) groups is 2. The van der Waals surface area contributed by atoms with Crippen LogP contribution in [0, 0.1) is 12.8 Å². The van der Waals surface area contributed by atoms with Gasteiger partial charge >= 0.3 is 6.09 Å². The second kappa shape index (κ2) is 10.1. The van der Waals surface area contributed by atoms with E-state index in [9.17, 15) is 9.59 Å². The zero-order chi connectivity index (χ0) is 22.6. The molecule has 1 aliphatic carbocycles. The molecule has 7 nitrogen and oxygen atoms in total. The van der Waals surface area contributed by atoms with Crippen molar-refractivity contribution in [2.24, 2.45) is 10.9 Å². The second-order valence-electron chi connectivity index (χ2n) is 8.84. The van der Waals surface area contributed by atoms with Crippen molar-refractivity contribution >= 4 is 41.5 Å². The van der Waals surface area contributed by atoms with Crippen LogP contribution in [0.3, 0.4) is 0 Å². The van der Waals surface area contributed by atoms with Crippen molar-refractivity contribution in [1.82, 2.24) is 9.62 Å². The number of piperidine rings is 1. The molecule has 8 heteroatoms. The minimum absolute atomic E-state index is 0.101. The molecule has 2 heterocycles. The number of amides is 2. The molecule has 0 aromatic heterocycles. The Kier molecular flexibility index (Phi) is 7.20. The lowest BCUT2D eigenvalue weighted by molar-refractivity contribution is -0.124. The summed E-state index contributed by atoms with van der Waals surface area (Å²) in [5, 5.41) is 7.88. The van der Waals surface area contributed by atoms with Crippen molar-refractivity contribution in [3.8, 4) is 0 Å². The Bertz CT molecular complexity index is 916. The first-order valence-corrected chi connectivity index (χ1v) is 12.3. The molecule has 172 valence electrons. The molecular formula is C24H32N4O3S. The monoisotopic (exact) mass is 456 g/mol. The summed E-state index contributed by atoms with van der Waals surface area (Å²) in [6, 6.07) is 5.76. The highest BCUT2D eigenvalue weighted by Crippen LogP contribution is 2.35. The number of amidine groups is 1. The van der Waals surface area contributed by atoms with E-state index in [1.165, 1.54) is 26.4 Å². The van der Waals surface area contributed by atoms with Crippen molar-refractivity contribution in [2.45, 2.75) is 57.4 Å². The summed E-state index contributed by atoms with van der Waals surface area (Å²) in [5.74, 6) is 1.49. The molecule has 2 N–H and O–H groups in total. The highest BCUT2D eigenvalue weighted by molar-refractivity contribution is 8.00. The number of rotatable bonds is 5. The molecule has 1 saturated carbocycles. The first kappa shape index (κ1) is 22.9. The number of hydrogen-bond acceptors (Lipinski definition) is 6. The van der Waals surface area contributed by atoms with E-state index in [1.54, 1.807) is 11.9 Å². The van der Waals surface area contributed by atoms with Crippen molar-refractivity contribution in [3.63, 3.8) is 0 Å². The Morgan fingerprint density at radius 3 is 2.75 bits per heavy atom. The molecule has 2 amide bonds. The van der Waals surface area contributed by atoms with Gasteiger partial charge in [-0.15, -0.1) is 0 Å². The van der Waals surface area contributed by atoms with Gasteiger partial charge in [-0.25, -0.2) is 9.10 Å². The fourth-order valence-electron chi connectivity index (χ4n) is 4.67. The summed E-state index contributed by atoms with van der Waals surface area (Å²) in [5.41, 5.74) is 2.31. The number of benzene rings is 1. The van der Waals surface area contributed by atoms with Gasteiger partial charge in [0.25, 0.3) is 5.91 Å². The number of carbonyl (C=O) groups excluding carboxylic acids is 2. The maximum atomic E-state index is 12.8. The third kappa shape index (κ3) is 5.18. The maximum absolute atomic E-state index is 12.8. The number of nitrogens with one attached hydrogen (secondary N) is 2. The molecule has 2 aliphatic heterocycles. The first-order valence-electron chi connectivity index (χ1n) is 11.4. The Morgan fingerprint density at radius 2 is 2.03 bits per heavy atom. The number of aryl methyl sites for hydroxylation is 1. The number of aliphatic imine (C=N–C) groups is 1. The SMILES string of the molecule is COC(=O)Nc1ccc(C)c(/C=C/SN2CCC3(CC2)N=C(C2CCCCC2)NC3=O)c1. The van der Waals surface area contributed by atoms with Gasteiger partial charge in [0.1, 0.15) is 11.4 Å². The first-order chi connectivity index (χ1) is 15.5. The number of ether oxygens (including phenoxy) is 1. The summed E-state index contributed by atoms with van der Waals surface area (Å²) in [7, 11) is 1.35. The fourth-order valence-corrected chi connectivity index (χ4v) is 5.44. The van der Waals surface area contributed by atoms with Crippen molar-refractivity contribution < 1.29 is 14.3 Å². The molecule has 4 rings (SSSR count). The maximum Gasteiger partial charge on any atom is 0.411 e. The van der Waals surface area contributed by atoms with Crippen LogP contribution in [0.25, 0.3) is 6.08 Å². The van der Waals surface area contributed by atoms with E-state index in [0.717, 1.165) is 55.7 Å². The van der Waals surface area contributed by atoms with Gasteiger partial charge < -0.3 is 10.1 Å². The smallest absolute Gasteiger partial charge is 0.411 e. The van der Waals surface area contributed by atoms with Crippen molar-refractivity contribution in [3.05, 3.63) is 34.7 Å². The normalized spacial score (nSPS) is 21.6. The molecule has 1 spiro atoms. The van der Waals surface area contributed by atoms with Gasteiger partial charge in [-0.2, -0.15) is 0 Å². The lowest BCUT2D eigenvalue weighted by Gasteiger charge is -2.34. The average molecular weight is 457 g/mol. The van der Waals surface area contributed by atoms with Crippen LogP contribution in [0.15, 0.2) is 28.6 Å². The third-order valence-corrected chi connectivity index (χ3v) is 7.63. The lowest BCUT2D eigenvalue weighted by atomic mass is 9.88. The minimum atomic E-state index is -0.558. The summed E-state index contributed by atoms with van der Waals surface area (Å²) >= 11 is 1.66. The summed E-state index contributed by atoms with van der Waals surface area (Å²) in [4.78, 5) is 29.2. The standard InChI is InChI=1S/C24H32N4O3S/c1-17-8-9-20(25-23(30)31-2)16-19(17)10-15-32-28-13-11-24(12-14-28)22(29)26-21(27-24)18-6-4-3-5-7-18/h8-10,15-16,18H,3-7,11-14H2,1-2H3,(H,25,30)(H,26,27,29)/b15-10+. The quantitative estimate of drug-likeness (QED) is 0.626. The minimum Gasteiger partial charge on any atom is -0.453 e. The van der Waals surface area contributed by atoms with Crippen LogP contribution in [0.4, 0.5) is 10.5 Å². The molecule has 1 saturated heterocycles. The Morgan fingerprint density at radius 1 is 1.28 bits per heavy atom. The summed E-state index contributed by atoms with van der Waals surface area (Å²) in [6.45, 7) is 3.69. The van der Waals surface area contributed by atoms with E-state index in [-0.39, 0.29) is 5.91 Å². The lowest BCUT2D eigenvalue weighted by Crippen LogP contribution is -2.47. The van der Waals surface area contributed by atoms with Gasteiger partial charge in [-0.3, -0.25) is 15.1 Å². The van der Waals surface area contributed by atoms with Gasteiger partial charge in [0.05, 0.1) is 7.11 Å². The topological polar surface area (TPSA) is 83.0 Å². The van der Waals surface area contributed by atoms with Crippen molar-refractivity contribution in [2.75, 3.05) is 25.5 Å². The Labute approximate surface area is 194 Å². The number of nitrogens with zero attached hydrogens (tertiary/aromatic N) is 2. The van der Waals surface area contributed by atoms with E-state index < -0.39 is 11.6 Å². The van der Waals surface area contributed by atoms with Crippen LogP contribution in [0.2, 0.25) is 0 Å². The van der Waals surface area contributed by atoms with E-state index in [2.05, 4.69) is 31.2 Å². The van der Waals surface area contributed by atoms with Gasteiger partial charge in [0, 0.05) is 24.7 Å². The van der Waals surface area contributed by atoms with E-state index >= 15 is 0 Å². The summed E-state index contributed by atoms with van der Waals surface area (Å²) in [6.07, 6.45) is 9.17. The third-order valence-electron chi connectivity index (χ3n) is 6.71. The fraction of sp³-hybridized carbons (Fsp3) is 0.542. The van der Waals surface area contributed by atoms with Crippen LogP contribution in [0.5, 0.6) is 0 Å². The molecule has 0 unspecified atom stereocenters. The second-order valence-corrected chi connectivity index (χ2v) is 9.84. The van der Waals surface area contributed by atoms with E-state index in [1.807, 2.05) is 25.1 Å². The van der Waals surface area contributed by atoms with Crippen LogP contribution in [-0.4, -0.2) is 47.9 Å².